The Bertz CT molecular complexity index is 487. The van der Waals surface area contributed by atoms with E-state index in [1.165, 1.54) is 38.5 Å². The number of H-pyrrole nitrogens is 1. The van der Waals surface area contributed by atoms with E-state index >= 15 is 0 Å². The highest BCUT2D eigenvalue weighted by Crippen LogP contribution is 2.61. The maximum Gasteiger partial charge on any atom is 0.221 e. The average molecular weight is 287 g/mol. The van der Waals surface area contributed by atoms with Gasteiger partial charge >= 0.3 is 0 Å². The zero-order chi connectivity index (χ0) is 14.4. The van der Waals surface area contributed by atoms with E-state index in [9.17, 15) is 4.79 Å². The van der Waals surface area contributed by atoms with E-state index < -0.39 is 0 Å². The number of nitrogens with one attached hydrogen (secondary N) is 2. The van der Waals surface area contributed by atoms with E-state index in [0.29, 0.717) is 5.41 Å². The second-order valence-electron chi connectivity index (χ2n) is 7.92. The number of carbonyl (C=O) groups is 1. The monoisotopic (exact) mass is 287 g/mol. The highest BCUT2D eigenvalue weighted by Gasteiger charge is 2.51. The van der Waals surface area contributed by atoms with Crippen LogP contribution in [0.2, 0.25) is 0 Å². The van der Waals surface area contributed by atoms with Gasteiger partial charge in [0.15, 0.2) is 0 Å². The molecule has 4 fully saturated rings. The molecule has 0 aromatic carbocycles. The number of nitrogens with zero attached hydrogens (tertiary/aromatic N) is 1. The number of amides is 1. The first kappa shape index (κ1) is 13.4. The molecule has 21 heavy (non-hydrogen) atoms. The number of carbonyl (C=O) groups excluding carboxylic acids is 1. The summed E-state index contributed by atoms with van der Waals surface area (Å²) in [5.74, 6) is 2.96. The molecule has 1 unspecified atom stereocenters. The van der Waals surface area contributed by atoms with Crippen molar-refractivity contribution in [1.82, 2.24) is 15.5 Å². The molecular weight excluding hydrogens is 262 g/mol. The minimum atomic E-state index is 0.0464. The Kier molecular flexibility index (Phi) is 3.09. The van der Waals surface area contributed by atoms with Crippen LogP contribution in [0.1, 0.15) is 63.5 Å². The lowest BCUT2D eigenvalue weighted by Crippen LogP contribution is -2.48. The molecular formula is C17H25N3O. The highest BCUT2D eigenvalue weighted by molar-refractivity contribution is 5.77. The van der Waals surface area contributed by atoms with Crippen LogP contribution in [0, 0.1) is 23.2 Å². The van der Waals surface area contributed by atoms with Gasteiger partial charge in [-0.25, -0.2) is 0 Å². The van der Waals surface area contributed by atoms with Gasteiger partial charge in [-0.1, -0.05) is 0 Å². The summed E-state index contributed by atoms with van der Waals surface area (Å²) in [4.78, 5) is 12.5. The van der Waals surface area contributed by atoms with Gasteiger partial charge in [-0.2, -0.15) is 5.10 Å². The summed E-state index contributed by atoms with van der Waals surface area (Å²) >= 11 is 0. The molecule has 2 N–H and O–H groups in total. The molecule has 0 radical (unpaired) electrons. The lowest BCUT2D eigenvalue weighted by Gasteiger charge is -2.56. The third-order valence-electron chi connectivity index (χ3n) is 6.10. The van der Waals surface area contributed by atoms with Crippen LogP contribution >= 0.6 is 0 Å². The van der Waals surface area contributed by atoms with E-state index in [2.05, 4.69) is 15.5 Å². The Morgan fingerprint density at radius 3 is 2.48 bits per heavy atom. The van der Waals surface area contributed by atoms with Crippen molar-refractivity contribution >= 4 is 5.91 Å². The fourth-order valence-electron chi connectivity index (χ4n) is 5.72. The van der Waals surface area contributed by atoms with Crippen LogP contribution in [0.3, 0.4) is 0 Å². The van der Waals surface area contributed by atoms with Crippen molar-refractivity contribution in [3.05, 3.63) is 18.0 Å². The van der Waals surface area contributed by atoms with Gasteiger partial charge < -0.3 is 5.32 Å². The number of hydrogen-bond donors (Lipinski definition) is 2. The third-order valence-corrected chi connectivity index (χ3v) is 6.10. The summed E-state index contributed by atoms with van der Waals surface area (Å²) in [6.45, 7) is 2.03. The first-order valence-corrected chi connectivity index (χ1v) is 8.40. The zero-order valence-electron chi connectivity index (χ0n) is 12.8. The molecule has 1 aromatic rings. The summed E-state index contributed by atoms with van der Waals surface area (Å²) in [5.41, 5.74) is 1.38. The molecule has 0 aliphatic heterocycles. The number of rotatable bonds is 4. The van der Waals surface area contributed by atoms with Crippen molar-refractivity contribution < 1.29 is 4.79 Å². The molecule has 1 amide bonds. The Hall–Kier alpha value is -1.32. The summed E-state index contributed by atoms with van der Waals surface area (Å²) in [5, 5.41) is 9.92. The lowest BCUT2D eigenvalue weighted by molar-refractivity contribution is -0.130. The van der Waals surface area contributed by atoms with E-state index in [0.717, 1.165) is 29.7 Å². The molecule has 1 heterocycles. The molecule has 4 heteroatoms. The van der Waals surface area contributed by atoms with Crippen LogP contribution in [0.25, 0.3) is 0 Å². The number of aromatic amines is 1. The first-order valence-electron chi connectivity index (χ1n) is 8.40. The molecule has 1 atom stereocenters. The predicted octanol–water partition coefficient (Wildman–Crippen LogP) is 3.19. The van der Waals surface area contributed by atoms with Crippen molar-refractivity contribution in [3.8, 4) is 0 Å². The molecule has 0 saturated heterocycles. The van der Waals surface area contributed by atoms with Crippen molar-refractivity contribution in [2.75, 3.05) is 0 Å². The largest absolute Gasteiger partial charge is 0.349 e. The van der Waals surface area contributed by atoms with Gasteiger partial charge in [0.25, 0.3) is 0 Å². The molecule has 114 valence electrons. The normalized spacial score (nSPS) is 38.4. The molecule has 1 aromatic heterocycles. The Morgan fingerprint density at radius 1 is 1.33 bits per heavy atom. The van der Waals surface area contributed by atoms with Crippen LogP contribution in [0.15, 0.2) is 12.4 Å². The summed E-state index contributed by atoms with van der Waals surface area (Å²) in [6.07, 6.45) is 12.6. The van der Waals surface area contributed by atoms with Gasteiger partial charge in [0, 0.05) is 18.2 Å². The second-order valence-corrected chi connectivity index (χ2v) is 7.92. The van der Waals surface area contributed by atoms with Crippen molar-refractivity contribution in [3.63, 3.8) is 0 Å². The summed E-state index contributed by atoms with van der Waals surface area (Å²) in [7, 11) is 0. The standard InChI is InChI=1S/C17H25N3O/c1-11(15-9-18-19-10-15)20-16(21)8-17-5-12-2-13(6-17)4-14(3-12)7-17/h9-14H,2-8H2,1H3,(H,18,19)(H,20,21). The molecule has 4 nitrogen and oxygen atoms in total. The summed E-state index contributed by atoms with van der Waals surface area (Å²) in [6, 6.07) is 0.0464. The predicted molar refractivity (Wildman–Crippen MR) is 80.4 cm³/mol. The fraction of sp³-hybridized carbons (Fsp3) is 0.765. The SMILES string of the molecule is CC(NC(=O)CC12CC3CC(CC(C3)C1)C2)c1cn[nH]c1. The minimum absolute atomic E-state index is 0.0464. The molecule has 4 saturated carbocycles. The molecule has 0 spiro atoms. The van der Waals surface area contributed by atoms with Gasteiger partial charge in [0.05, 0.1) is 12.2 Å². The van der Waals surface area contributed by atoms with Crippen LogP contribution in [-0.2, 0) is 4.79 Å². The Balaban J connectivity index is 1.40. The van der Waals surface area contributed by atoms with Gasteiger partial charge in [-0.3, -0.25) is 9.89 Å². The zero-order valence-corrected chi connectivity index (χ0v) is 12.8. The van der Waals surface area contributed by atoms with Gasteiger partial charge in [0.1, 0.15) is 0 Å². The van der Waals surface area contributed by atoms with Crippen molar-refractivity contribution in [2.45, 2.75) is 57.9 Å². The van der Waals surface area contributed by atoms with Crippen LogP contribution in [0.4, 0.5) is 0 Å². The molecule has 4 aliphatic rings. The molecule has 4 aliphatic carbocycles. The maximum absolute atomic E-state index is 12.5. The van der Waals surface area contributed by atoms with E-state index in [1.54, 1.807) is 6.20 Å². The van der Waals surface area contributed by atoms with Crippen molar-refractivity contribution in [2.24, 2.45) is 23.2 Å². The number of hydrogen-bond acceptors (Lipinski definition) is 2. The Morgan fingerprint density at radius 2 is 1.95 bits per heavy atom. The van der Waals surface area contributed by atoms with Gasteiger partial charge in [0.2, 0.25) is 5.91 Å². The van der Waals surface area contributed by atoms with E-state index in [1.807, 2.05) is 13.1 Å². The van der Waals surface area contributed by atoms with Crippen LogP contribution in [-0.4, -0.2) is 16.1 Å². The van der Waals surface area contributed by atoms with Gasteiger partial charge in [-0.05, 0) is 68.6 Å². The van der Waals surface area contributed by atoms with E-state index in [4.69, 9.17) is 0 Å². The molecule has 5 rings (SSSR count). The van der Waals surface area contributed by atoms with Crippen LogP contribution in [0.5, 0.6) is 0 Å². The second kappa shape index (κ2) is 4.85. The maximum atomic E-state index is 12.5. The summed E-state index contributed by atoms with van der Waals surface area (Å²) < 4.78 is 0. The lowest BCUT2D eigenvalue weighted by atomic mass is 9.49. The van der Waals surface area contributed by atoms with E-state index in [-0.39, 0.29) is 11.9 Å². The first-order chi connectivity index (χ1) is 10.1. The van der Waals surface area contributed by atoms with Crippen LogP contribution < -0.4 is 5.32 Å². The average Bonchev–Trinajstić information content (AvgIpc) is 2.89. The molecule has 4 bridgehead atoms. The topological polar surface area (TPSA) is 57.8 Å². The van der Waals surface area contributed by atoms with Gasteiger partial charge in [-0.15, -0.1) is 0 Å². The highest BCUT2D eigenvalue weighted by atomic mass is 16.1. The number of aromatic nitrogens is 2. The Labute approximate surface area is 126 Å². The fourth-order valence-corrected chi connectivity index (χ4v) is 5.72. The van der Waals surface area contributed by atoms with Crippen molar-refractivity contribution in [1.29, 1.82) is 0 Å². The third kappa shape index (κ3) is 2.49. The quantitative estimate of drug-likeness (QED) is 0.893. The minimum Gasteiger partial charge on any atom is -0.349 e. The smallest absolute Gasteiger partial charge is 0.221 e.